The van der Waals surface area contributed by atoms with E-state index in [4.69, 9.17) is 5.11 Å². The number of aliphatic carboxylic acids is 1. The SMILES string of the molecule is C[C@H](C(=O)O)C1C2CN(c3cc(C(F)(F)F)c(C#N)c(N4CC(O)C4)n3)C[C@H]21. The highest BCUT2D eigenvalue weighted by molar-refractivity contribution is 5.71. The van der Waals surface area contributed by atoms with Gasteiger partial charge in [-0.2, -0.15) is 18.4 Å². The summed E-state index contributed by atoms with van der Waals surface area (Å²) in [6.45, 7) is 2.82. The zero-order valence-corrected chi connectivity index (χ0v) is 15.0. The van der Waals surface area contributed by atoms with Crippen molar-refractivity contribution in [2.75, 3.05) is 36.0 Å². The number of carboxylic acid groups (broad SMARTS) is 1. The van der Waals surface area contributed by atoms with E-state index in [0.717, 1.165) is 6.07 Å². The summed E-state index contributed by atoms with van der Waals surface area (Å²) in [6.07, 6.45) is -5.35. The Bertz CT molecular complexity index is 851. The van der Waals surface area contributed by atoms with Crippen molar-refractivity contribution >= 4 is 17.6 Å². The van der Waals surface area contributed by atoms with Gasteiger partial charge < -0.3 is 20.0 Å². The van der Waals surface area contributed by atoms with Gasteiger partial charge in [0.1, 0.15) is 23.3 Å². The minimum Gasteiger partial charge on any atom is -0.481 e. The third kappa shape index (κ3) is 2.94. The molecule has 2 unspecified atom stereocenters. The molecule has 1 aromatic rings. The monoisotopic (exact) mass is 396 g/mol. The molecule has 0 amide bonds. The molecule has 28 heavy (non-hydrogen) atoms. The maximum Gasteiger partial charge on any atom is 0.417 e. The van der Waals surface area contributed by atoms with Gasteiger partial charge in [0, 0.05) is 26.2 Å². The van der Waals surface area contributed by atoms with E-state index >= 15 is 0 Å². The van der Waals surface area contributed by atoms with Crippen molar-refractivity contribution in [2.24, 2.45) is 23.7 Å². The van der Waals surface area contributed by atoms with E-state index in [0.29, 0.717) is 13.1 Å². The summed E-state index contributed by atoms with van der Waals surface area (Å²) in [6, 6.07) is 2.52. The fraction of sp³-hybridized carbons (Fsp3) is 0.611. The first-order valence-electron chi connectivity index (χ1n) is 9.05. The lowest BCUT2D eigenvalue weighted by atomic mass is 10.0. The fourth-order valence-electron chi connectivity index (χ4n) is 4.54. The second kappa shape index (κ2) is 6.24. The summed E-state index contributed by atoms with van der Waals surface area (Å²) >= 11 is 0. The maximum atomic E-state index is 13.6. The van der Waals surface area contributed by atoms with Crippen LogP contribution in [0.1, 0.15) is 18.1 Å². The van der Waals surface area contributed by atoms with Crippen LogP contribution in [0.3, 0.4) is 0 Å². The number of rotatable bonds is 4. The van der Waals surface area contributed by atoms with Gasteiger partial charge in [0.25, 0.3) is 0 Å². The highest BCUT2D eigenvalue weighted by atomic mass is 19.4. The number of anilines is 2. The maximum absolute atomic E-state index is 13.6. The molecule has 3 heterocycles. The van der Waals surface area contributed by atoms with Gasteiger partial charge in [-0.25, -0.2) is 4.98 Å². The van der Waals surface area contributed by atoms with Gasteiger partial charge in [0.2, 0.25) is 0 Å². The Morgan fingerprint density at radius 3 is 2.36 bits per heavy atom. The molecule has 150 valence electrons. The minimum absolute atomic E-state index is 0.0409. The van der Waals surface area contributed by atoms with Crippen molar-refractivity contribution in [3.05, 3.63) is 17.2 Å². The number of carbonyl (C=O) groups is 1. The number of aliphatic hydroxyl groups is 1. The average Bonchev–Trinajstić information content (AvgIpc) is 3.09. The predicted molar refractivity (Wildman–Crippen MR) is 91.7 cm³/mol. The number of aromatic nitrogens is 1. The molecule has 1 saturated carbocycles. The first-order chi connectivity index (χ1) is 13.1. The van der Waals surface area contributed by atoms with Crippen molar-refractivity contribution in [1.82, 2.24) is 4.98 Å². The van der Waals surface area contributed by atoms with Gasteiger partial charge in [-0.05, 0) is 23.8 Å². The highest BCUT2D eigenvalue weighted by Gasteiger charge is 2.59. The Labute approximate surface area is 159 Å². The smallest absolute Gasteiger partial charge is 0.417 e. The van der Waals surface area contributed by atoms with Gasteiger partial charge >= 0.3 is 12.1 Å². The van der Waals surface area contributed by atoms with Gasteiger partial charge in [-0.1, -0.05) is 6.92 Å². The van der Waals surface area contributed by atoms with Crippen LogP contribution >= 0.6 is 0 Å². The second-order valence-electron chi connectivity index (χ2n) is 7.83. The van der Waals surface area contributed by atoms with Crippen LogP contribution < -0.4 is 9.80 Å². The average molecular weight is 396 g/mol. The predicted octanol–water partition coefficient (Wildman–Crippen LogP) is 1.56. The molecule has 1 aliphatic carbocycles. The number of aliphatic hydroxyl groups excluding tert-OH is 1. The summed E-state index contributed by atoms with van der Waals surface area (Å²) in [5.74, 6) is -0.959. The standard InChI is InChI=1S/C18H19F3N4O3/c1-8(17(27)28)15-11-6-24(7-12(11)15)14-2-13(18(19,20)21)10(3-22)16(23-14)25-4-9(26)5-25/h2,8-9,11-12,15,26H,4-7H2,1H3,(H,27,28)/t8-,11+,12?,15?/m0/s1. The number of halogens is 3. The van der Waals surface area contributed by atoms with Crippen LogP contribution in [0.25, 0.3) is 0 Å². The van der Waals surface area contributed by atoms with E-state index in [9.17, 15) is 28.3 Å². The van der Waals surface area contributed by atoms with Gasteiger partial charge in [-0.3, -0.25) is 4.79 Å². The number of hydrogen-bond donors (Lipinski definition) is 2. The molecule has 1 aromatic heterocycles. The Morgan fingerprint density at radius 1 is 1.29 bits per heavy atom. The molecular formula is C18H19F3N4O3. The lowest BCUT2D eigenvalue weighted by molar-refractivity contribution is -0.142. The number of pyridine rings is 1. The molecule has 0 aromatic carbocycles. The minimum atomic E-state index is -4.70. The number of nitrogens with zero attached hydrogens (tertiary/aromatic N) is 4. The first-order valence-corrected chi connectivity index (χ1v) is 9.05. The summed E-state index contributed by atoms with van der Waals surface area (Å²) in [4.78, 5) is 18.7. The van der Waals surface area contributed by atoms with Gasteiger partial charge in [-0.15, -0.1) is 0 Å². The Hall–Kier alpha value is -2.54. The number of fused-ring (bicyclic) bond motifs is 1. The summed E-state index contributed by atoms with van der Waals surface area (Å²) in [5.41, 5.74) is -1.57. The van der Waals surface area contributed by atoms with E-state index < -0.39 is 35.3 Å². The number of piperidine rings is 1. The zero-order valence-electron chi connectivity index (χ0n) is 15.0. The van der Waals surface area contributed by atoms with Crippen LogP contribution in [-0.4, -0.2) is 53.4 Å². The molecule has 2 saturated heterocycles. The fourth-order valence-corrected chi connectivity index (χ4v) is 4.54. The van der Waals surface area contributed by atoms with E-state index in [1.54, 1.807) is 17.9 Å². The molecule has 0 radical (unpaired) electrons. The zero-order chi connectivity index (χ0) is 20.4. The van der Waals surface area contributed by atoms with Crippen molar-refractivity contribution in [3.63, 3.8) is 0 Å². The molecule has 0 bridgehead atoms. The van der Waals surface area contributed by atoms with Crippen LogP contribution in [0.4, 0.5) is 24.8 Å². The molecule has 4 atom stereocenters. The van der Waals surface area contributed by atoms with Crippen molar-refractivity contribution in [2.45, 2.75) is 19.2 Å². The number of nitriles is 1. The van der Waals surface area contributed by atoms with Crippen LogP contribution in [0, 0.1) is 35.0 Å². The van der Waals surface area contributed by atoms with Crippen LogP contribution in [0.15, 0.2) is 6.07 Å². The summed E-state index contributed by atoms with van der Waals surface area (Å²) in [5, 5.41) is 27.9. The Balaban J connectivity index is 1.63. The highest BCUT2D eigenvalue weighted by Crippen LogP contribution is 2.56. The second-order valence-corrected chi connectivity index (χ2v) is 7.83. The molecular weight excluding hydrogens is 377 g/mol. The first kappa shape index (κ1) is 18.8. The van der Waals surface area contributed by atoms with E-state index in [1.807, 2.05) is 0 Å². The molecule has 3 aliphatic rings. The van der Waals surface area contributed by atoms with E-state index in [-0.39, 0.29) is 42.5 Å². The van der Waals surface area contributed by atoms with Crippen molar-refractivity contribution in [1.29, 1.82) is 5.26 Å². The molecule has 2 aliphatic heterocycles. The lowest BCUT2D eigenvalue weighted by Crippen LogP contribution is -2.51. The summed E-state index contributed by atoms with van der Waals surface area (Å²) < 4.78 is 40.7. The normalized spacial score (nSPS) is 27.8. The topological polar surface area (TPSA) is 101 Å². The van der Waals surface area contributed by atoms with Gasteiger partial charge in [0.15, 0.2) is 0 Å². The number of alkyl halides is 3. The summed E-state index contributed by atoms with van der Waals surface area (Å²) in [7, 11) is 0. The Kier molecular flexibility index (Phi) is 4.19. The number of hydrogen-bond acceptors (Lipinski definition) is 6. The van der Waals surface area contributed by atoms with Gasteiger partial charge in [0.05, 0.1) is 17.6 Å². The number of carboxylic acids is 1. The van der Waals surface area contributed by atoms with Crippen LogP contribution in [0.5, 0.6) is 0 Å². The third-order valence-corrected chi connectivity index (χ3v) is 6.12. The van der Waals surface area contributed by atoms with E-state index in [1.165, 1.54) is 4.90 Å². The van der Waals surface area contributed by atoms with Crippen LogP contribution in [-0.2, 0) is 11.0 Å². The lowest BCUT2D eigenvalue weighted by Gasteiger charge is -2.38. The molecule has 2 N–H and O–H groups in total. The largest absolute Gasteiger partial charge is 0.481 e. The van der Waals surface area contributed by atoms with Crippen molar-refractivity contribution < 1.29 is 28.2 Å². The molecule has 4 rings (SSSR count). The molecule has 3 fully saturated rings. The van der Waals surface area contributed by atoms with Crippen LogP contribution in [0.2, 0.25) is 0 Å². The van der Waals surface area contributed by atoms with Crippen molar-refractivity contribution in [3.8, 4) is 6.07 Å². The number of β-amino-alcohol motifs (C(OH)–C–C–N with tert-alkyl or cyclic N) is 1. The quantitative estimate of drug-likeness (QED) is 0.797. The van der Waals surface area contributed by atoms with E-state index in [2.05, 4.69) is 4.98 Å². The Morgan fingerprint density at radius 2 is 1.89 bits per heavy atom. The molecule has 0 spiro atoms. The third-order valence-electron chi connectivity index (χ3n) is 6.12. The molecule has 7 nitrogen and oxygen atoms in total. The molecule has 10 heteroatoms.